The fourth-order valence-corrected chi connectivity index (χ4v) is 5.02. The third-order valence-electron chi connectivity index (χ3n) is 7.54. The zero-order valence-electron chi connectivity index (χ0n) is 25.5. The van der Waals surface area contributed by atoms with E-state index in [1.807, 2.05) is 6.92 Å². The SMILES string of the molecule is CCCCCCCCCCCC/C=C/CCCCCCCCCCCCCC(CC(=O)OCCC)C(=O)O. The lowest BCUT2D eigenvalue weighted by Crippen LogP contribution is -2.19. The molecule has 0 aliphatic heterocycles. The molecule has 0 aliphatic rings. The van der Waals surface area contributed by atoms with Crippen molar-refractivity contribution in [2.75, 3.05) is 6.61 Å². The van der Waals surface area contributed by atoms with E-state index in [9.17, 15) is 14.7 Å². The molecule has 0 heterocycles. The topological polar surface area (TPSA) is 63.6 Å². The molecule has 0 saturated carbocycles. The number of aliphatic carboxylic acids is 1. The summed E-state index contributed by atoms with van der Waals surface area (Å²) in [5, 5.41) is 9.32. The Labute approximate surface area is 236 Å². The first-order valence-corrected chi connectivity index (χ1v) is 16.6. The van der Waals surface area contributed by atoms with Crippen LogP contribution in [0.3, 0.4) is 0 Å². The van der Waals surface area contributed by atoms with E-state index in [0.717, 1.165) is 25.7 Å². The van der Waals surface area contributed by atoms with Gasteiger partial charge in [0.15, 0.2) is 0 Å². The predicted octanol–water partition coefficient (Wildman–Crippen LogP) is 11.0. The molecule has 0 aromatic heterocycles. The Balaban J connectivity index is 3.34. The average molecular weight is 537 g/mol. The van der Waals surface area contributed by atoms with Crippen molar-refractivity contribution in [3.63, 3.8) is 0 Å². The summed E-state index contributed by atoms with van der Waals surface area (Å²) in [6.45, 7) is 4.59. The predicted molar refractivity (Wildman–Crippen MR) is 163 cm³/mol. The summed E-state index contributed by atoms with van der Waals surface area (Å²) in [4.78, 5) is 23.0. The molecule has 0 bridgehead atoms. The van der Waals surface area contributed by atoms with Crippen molar-refractivity contribution in [3.05, 3.63) is 12.2 Å². The Morgan fingerprint density at radius 1 is 0.579 bits per heavy atom. The molecular weight excluding hydrogens is 472 g/mol. The summed E-state index contributed by atoms with van der Waals surface area (Å²) in [5.74, 6) is -1.85. The Hall–Kier alpha value is -1.32. The van der Waals surface area contributed by atoms with Gasteiger partial charge < -0.3 is 9.84 Å². The zero-order valence-corrected chi connectivity index (χ0v) is 25.5. The highest BCUT2D eigenvalue weighted by molar-refractivity contribution is 5.78. The molecule has 0 fully saturated rings. The molecule has 0 saturated heterocycles. The van der Waals surface area contributed by atoms with E-state index in [1.165, 1.54) is 128 Å². The summed E-state index contributed by atoms with van der Waals surface area (Å²) < 4.78 is 5.03. The highest BCUT2D eigenvalue weighted by Gasteiger charge is 2.21. The second-order valence-electron chi connectivity index (χ2n) is 11.4. The molecule has 4 nitrogen and oxygen atoms in total. The summed E-state index contributed by atoms with van der Waals surface area (Å²) in [7, 11) is 0. The van der Waals surface area contributed by atoms with Crippen LogP contribution >= 0.6 is 0 Å². The van der Waals surface area contributed by atoms with Gasteiger partial charge in [-0.25, -0.2) is 0 Å². The van der Waals surface area contributed by atoms with Gasteiger partial charge in [-0.2, -0.15) is 0 Å². The summed E-state index contributed by atoms with van der Waals surface area (Å²) in [5.41, 5.74) is 0. The molecular formula is C34H64O4. The van der Waals surface area contributed by atoms with Crippen molar-refractivity contribution in [1.82, 2.24) is 0 Å². The Bertz CT molecular complexity index is 543. The normalized spacial score (nSPS) is 12.3. The minimum Gasteiger partial charge on any atom is -0.481 e. The van der Waals surface area contributed by atoms with Gasteiger partial charge in [-0.15, -0.1) is 0 Å². The quantitative estimate of drug-likeness (QED) is 0.0563. The average Bonchev–Trinajstić information content (AvgIpc) is 2.91. The first-order valence-electron chi connectivity index (χ1n) is 16.6. The monoisotopic (exact) mass is 536 g/mol. The molecule has 1 atom stereocenters. The number of rotatable bonds is 30. The first kappa shape index (κ1) is 36.7. The lowest BCUT2D eigenvalue weighted by Gasteiger charge is -2.11. The van der Waals surface area contributed by atoms with E-state index >= 15 is 0 Å². The molecule has 0 radical (unpaired) electrons. The number of hydrogen-bond donors (Lipinski definition) is 1. The van der Waals surface area contributed by atoms with Crippen LogP contribution in [0.4, 0.5) is 0 Å². The lowest BCUT2D eigenvalue weighted by atomic mass is 9.97. The maximum Gasteiger partial charge on any atom is 0.307 e. The number of allylic oxidation sites excluding steroid dienone is 2. The number of carboxylic acids is 1. The summed E-state index contributed by atoms with van der Waals surface area (Å²) >= 11 is 0. The fourth-order valence-electron chi connectivity index (χ4n) is 5.02. The Morgan fingerprint density at radius 2 is 0.974 bits per heavy atom. The smallest absolute Gasteiger partial charge is 0.307 e. The second-order valence-corrected chi connectivity index (χ2v) is 11.4. The van der Waals surface area contributed by atoms with Crippen molar-refractivity contribution >= 4 is 11.9 Å². The highest BCUT2D eigenvalue weighted by atomic mass is 16.5. The molecule has 0 amide bonds. The van der Waals surface area contributed by atoms with Crippen molar-refractivity contribution < 1.29 is 19.4 Å². The molecule has 38 heavy (non-hydrogen) atoms. The van der Waals surface area contributed by atoms with Gasteiger partial charge in [0.1, 0.15) is 0 Å². The summed E-state index contributed by atoms with van der Waals surface area (Å²) in [6, 6.07) is 0. The van der Waals surface area contributed by atoms with Crippen molar-refractivity contribution in [3.8, 4) is 0 Å². The minimum absolute atomic E-state index is 0.00498. The second kappa shape index (κ2) is 30.2. The number of hydrogen-bond acceptors (Lipinski definition) is 3. The van der Waals surface area contributed by atoms with E-state index in [-0.39, 0.29) is 12.4 Å². The van der Waals surface area contributed by atoms with Gasteiger partial charge in [0.05, 0.1) is 18.9 Å². The third kappa shape index (κ3) is 27.7. The van der Waals surface area contributed by atoms with Crippen LogP contribution in [-0.2, 0) is 14.3 Å². The molecule has 0 aromatic carbocycles. The van der Waals surface area contributed by atoms with E-state index in [2.05, 4.69) is 19.1 Å². The van der Waals surface area contributed by atoms with Gasteiger partial charge >= 0.3 is 11.9 Å². The molecule has 4 heteroatoms. The molecule has 1 N–H and O–H groups in total. The van der Waals surface area contributed by atoms with Crippen LogP contribution in [0.5, 0.6) is 0 Å². The van der Waals surface area contributed by atoms with E-state index in [4.69, 9.17) is 4.74 Å². The Morgan fingerprint density at radius 3 is 1.37 bits per heavy atom. The van der Waals surface area contributed by atoms with Crippen LogP contribution in [-0.4, -0.2) is 23.7 Å². The summed E-state index contributed by atoms with van der Waals surface area (Å²) in [6.07, 6.45) is 36.5. The Kier molecular flexibility index (Phi) is 29.2. The number of carbonyl (C=O) groups is 2. The van der Waals surface area contributed by atoms with Crippen LogP contribution < -0.4 is 0 Å². The van der Waals surface area contributed by atoms with Gasteiger partial charge in [-0.05, 0) is 38.5 Å². The number of carboxylic acid groups (broad SMARTS) is 1. The van der Waals surface area contributed by atoms with Crippen LogP contribution in [0.25, 0.3) is 0 Å². The molecule has 0 aliphatic carbocycles. The number of ether oxygens (including phenoxy) is 1. The van der Waals surface area contributed by atoms with Crippen molar-refractivity contribution in [1.29, 1.82) is 0 Å². The third-order valence-corrected chi connectivity index (χ3v) is 7.54. The molecule has 0 spiro atoms. The zero-order chi connectivity index (χ0) is 27.9. The minimum atomic E-state index is -0.876. The molecule has 224 valence electrons. The van der Waals surface area contributed by atoms with E-state index in [0.29, 0.717) is 13.0 Å². The number of unbranched alkanes of at least 4 members (excludes halogenated alkanes) is 21. The molecule has 0 aromatic rings. The van der Waals surface area contributed by atoms with E-state index < -0.39 is 11.9 Å². The standard InChI is InChI=1S/C34H64O4/c1-3-5-6-7-8-9-10-11-12-13-14-15-16-17-18-19-20-21-22-23-24-25-26-27-28-29-32(34(36)37)31-33(35)38-30-4-2/h15-16,32H,3-14,17-31H2,1-2H3,(H,36,37)/b16-15+. The van der Waals surface area contributed by atoms with Gasteiger partial charge in [-0.3, -0.25) is 9.59 Å². The fraction of sp³-hybridized carbons (Fsp3) is 0.882. The highest BCUT2D eigenvalue weighted by Crippen LogP contribution is 2.18. The first-order chi connectivity index (χ1) is 18.6. The van der Waals surface area contributed by atoms with Crippen LogP contribution in [0.1, 0.15) is 181 Å². The number of carbonyl (C=O) groups excluding carboxylic acids is 1. The van der Waals surface area contributed by atoms with Crippen LogP contribution in [0.15, 0.2) is 12.2 Å². The van der Waals surface area contributed by atoms with Crippen molar-refractivity contribution in [2.45, 2.75) is 181 Å². The van der Waals surface area contributed by atoms with Gasteiger partial charge in [0, 0.05) is 0 Å². The maximum atomic E-state index is 11.7. The molecule has 0 rings (SSSR count). The van der Waals surface area contributed by atoms with Gasteiger partial charge in [0.25, 0.3) is 0 Å². The van der Waals surface area contributed by atoms with Crippen molar-refractivity contribution in [2.24, 2.45) is 5.92 Å². The van der Waals surface area contributed by atoms with Crippen LogP contribution in [0, 0.1) is 5.92 Å². The lowest BCUT2D eigenvalue weighted by molar-refractivity contribution is -0.151. The largest absolute Gasteiger partial charge is 0.481 e. The van der Waals surface area contributed by atoms with Crippen LogP contribution in [0.2, 0.25) is 0 Å². The van der Waals surface area contributed by atoms with E-state index in [1.54, 1.807) is 0 Å². The molecule has 1 unspecified atom stereocenters. The maximum absolute atomic E-state index is 11.7. The number of esters is 1. The van der Waals surface area contributed by atoms with Gasteiger partial charge in [0.2, 0.25) is 0 Å². The van der Waals surface area contributed by atoms with Gasteiger partial charge in [-0.1, -0.05) is 148 Å².